The first-order valence-electron chi connectivity index (χ1n) is 7.14. The monoisotopic (exact) mass is 379 g/mol. The molecule has 0 aliphatic carbocycles. The van der Waals surface area contributed by atoms with Crippen molar-refractivity contribution in [2.45, 2.75) is 12.7 Å². The third-order valence-electron chi connectivity index (χ3n) is 3.32. The number of benzene rings is 1. The molecule has 10 heteroatoms. The highest BCUT2D eigenvalue weighted by Crippen LogP contribution is 2.50. The van der Waals surface area contributed by atoms with Crippen LogP contribution in [0.3, 0.4) is 0 Å². The third kappa shape index (κ3) is 4.02. The number of hydrogen-bond acceptors (Lipinski definition) is 6. The molecule has 0 aliphatic rings. The summed E-state index contributed by atoms with van der Waals surface area (Å²) in [7, 11) is -4.77. The molecule has 0 spiro atoms. The minimum absolute atomic E-state index is 0.132. The lowest BCUT2D eigenvalue weighted by atomic mass is 10.1. The van der Waals surface area contributed by atoms with Gasteiger partial charge in [-0.05, 0) is 30.5 Å². The maximum Gasteiger partial charge on any atom is 0.357 e. The minimum Gasteiger partial charge on any atom is -0.417 e. The Morgan fingerprint density at radius 2 is 1.96 bits per heavy atom. The first-order chi connectivity index (χ1) is 11.8. The maximum absolute atomic E-state index is 12.3. The first kappa shape index (κ1) is 17.5. The van der Waals surface area contributed by atoms with Gasteiger partial charge in [0, 0.05) is 5.56 Å². The molecule has 0 fully saturated rings. The average molecular weight is 379 g/mol. The fourth-order valence-electron chi connectivity index (χ4n) is 2.05. The number of nitrogens with one attached hydrogen (secondary N) is 1. The standard InChI is InChI=1S/C15H14N3O5PS/c1-9-4-6-10(7-5-9)12(19)16-15(24(20,21)22)14-18-17-13(23-14)11-3-2-8-25-11/h2-8,15H,1H3,(H,16,19)(H2,20,21,22)/t15-/m0/s1. The van der Waals surface area contributed by atoms with Gasteiger partial charge in [-0.15, -0.1) is 21.5 Å². The predicted octanol–water partition coefficient (Wildman–Crippen LogP) is 2.71. The SMILES string of the molecule is Cc1ccc(C(=O)N[C@H](c2nnc(-c3cccs3)o2)P(=O)(O)O)cc1. The summed E-state index contributed by atoms with van der Waals surface area (Å²) in [5.74, 6) is -2.59. The lowest BCUT2D eigenvalue weighted by Crippen LogP contribution is -2.28. The predicted molar refractivity (Wildman–Crippen MR) is 91.0 cm³/mol. The van der Waals surface area contributed by atoms with Gasteiger partial charge in [-0.1, -0.05) is 23.8 Å². The van der Waals surface area contributed by atoms with Crippen molar-refractivity contribution in [1.82, 2.24) is 15.5 Å². The van der Waals surface area contributed by atoms with Gasteiger partial charge < -0.3 is 19.5 Å². The number of carbonyl (C=O) groups excluding carboxylic acids is 1. The van der Waals surface area contributed by atoms with Gasteiger partial charge in [0.15, 0.2) is 0 Å². The Kier molecular flexibility index (Phi) is 4.82. The van der Waals surface area contributed by atoms with Crippen LogP contribution in [0, 0.1) is 6.92 Å². The zero-order valence-corrected chi connectivity index (χ0v) is 14.7. The van der Waals surface area contributed by atoms with Gasteiger partial charge in [0.05, 0.1) is 4.88 Å². The van der Waals surface area contributed by atoms with Crippen molar-refractivity contribution in [3.63, 3.8) is 0 Å². The average Bonchev–Trinajstić information content (AvgIpc) is 3.23. The summed E-state index contributed by atoms with van der Waals surface area (Å²) < 4.78 is 17.2. The second-order valence-electron chi connectivity index (χ2n) is 5.25. The molecule has 1 amide bonds. The molecule has 0 radical (unpaired) electrons. The molecule has 0 bridgehead atoms. The number of aromatic nitrogens is 2. The van der Waals surface area contributed by atoms with Crippen molar-refractivity contribution in [2.75, 3.05) is 0 Å². The number of amides is 1. The van der Waals surface area contributed by atoms with E-state index in [1.54, 1.807) is 41.8 Å². The van der Waals surface area contributed by atoms with Gasteiger partial charge in [0.1, 0.15) is 0 Å². The Hall–Kier alpha value is -2.32. The highest BCUT2D eigenvalue weighted by molar-refractivity contribution is 7.52. The first-order valence-corrected chi connectivity index (χ1v) is 9.71. The van der Waals surface area contributed by atoms with E-state index in [0.29, 0.717) is 4.88 Å². The number of rotatable bonds is 5. The summed E-state index contributed by atoms with van der Waals surface area (Å²) in [6.07, 6.45) is 0. The van der Waals surface area contributed by atoms with E-state index in [9.17, 15) is 19.1 Å². The third-order valence-corrected chi connectivity index (χ3v) is 5.20. The summed E-state index contributed by atoms with van der Waals surface area (Å²) in [6.45, 7) is 1.87. The molecular formula is C15H14N3O5PS. The van der Waals surface area contributed by atoms with Crippen LogP contribution in [0.25, 0.3) is 10.8 Å². The molecular weight excluding hydrogens is 365 g/mol. The van der Waals surface area contributed by atoms with Crippen molar-refractivity contribution in [3.05, 3.63) is 58.8 Å². The van der Waals surface area contributed by atoms with E-state index < -0.39 is 19.3 Å². The summed E-state index contributed by atoms with van der Waals surface area (Å²) in [5.41, 5.74) is 1.22. The second kappa shape index (κ2) is 6.89. The minimum atomic E-state index is -4.77. The summed E-state index contributed by atoms with van der Waals surface area (Å²) in [4.78, 5) is 32.1. The molecule has 130 valence electrons. The normalized spacial score (nSPS) is 12.8. The molecule has 3 aromatic rings. The van der Waals surface area contributed by atoms with Crippen LogP contribution in [0.1, 0.15) is 27.6 Å². The van der Waals surface area contributed by atoms with Crippen LogP contribution in [-0.4, -0.2) is 25.9 Å². The van der Waals surface area contributed by atoms with Crippen molar-refractivity contribution in [2.24, 2.45) is 0 Å². The largest absolute Gasteiger partial charge is 0.417 e. The van der Waals surface area contributed by atoms with E-state index in [0.717, 1.165) is 5.56 Å². The van der Waals surface area contributed by atoms with Crippen LogP contribution in [0.15, 0.2) is 46.2 Å². The molecule has 2 heterocycles. The van der Waals surface area contributed by atoms with E-state index in [1.165, 1.54) is 11.3 Å². The van der Waals surface area contributed by atoms with Crippen LogP contribution in [0.5, 0.6) is 0 Å². The number of thiophene rings is 1. The van der Waals surface area contributed by atoms with E-state index >= 15 is 0 Å². The van der Waals surface area contributed by atoms with Gasteiger partial charge in [-0.25, -0.2) is 0 Å². The lowest BCUT2D eigenvalue weighted by molar-refractivity contribution is 0.0938. The van der Waals surface area contributed by atoms with Crippen LogP contribution < -0.4 is 5.32 Å². The van der Waals surface area contributed by atoms with Crippen LogP contribution in [0.4, 0.5) is 0 Å². The number of aryl methyl sites for hydroxylation is 1. The van der Waals surface area contributed by atoms with E-state index in [2.05, 4.69) is 15.5 Å². The topological polar surface area (TPSA) is 126 Å². The molecule has 3 N–H and O–H groups in total. The fraction of sp³-hybridized carbons (Fsp3) is 0.133. The number of nitrogens with zero attached hydrogens (tertiary/aromatic N) is 2. The molecule has 1 aromatic carbocycles. The Morgan fingerprint density at radius 1 is 1.24 bits per heavy atom. The van der Waals surface area contributed by atoms with Crippen molar-refractivity contribution in [3.8, 4) is 10.8 Å². The number of carbonyl (C=O) groups is 1. The highest BCUT2D eigenvalue weighted by Gasteiger charge is 2.37. The molecule has 0 unspecified atom stereocenters. The van der Waals surface area contributed by atoms with Gasteiger partial charge in [0.25, 0.3) is 17.7 Å². The van der Waals surface area contributed by atoms with Crippen molar-refractivity contribution < 1.29 is 23.6 Å². The van der Waals surface area contributed by atoms with E-state index in [-0.39, 0.29) is 17.3 Å². The molecule has 3 rings (SSSR count). The summed E-state index contributed by atoms with van der Waals surface area (Å²) in [6, 6.07) is 10.1. The Morgan fingerprint density at radius 3 is 2.56 bits per heavy atom. The molecule has 0 aliphatic heterocycles. The fourth-order valence-corrected chi connectivity index (χ4v) is 3.37. The van der Waals surface area contributed by atoms with Gasteiger partial charge in [0.2, 0.25) is 5.78 Å². The zero-order valence-electron chi connectivity index (χ0n) is 13.0. The zero-order chi connectivity index (χ0) is 18.0. The quantitative estimate of drug-likeness (QED) is 0.582. The Labute approximate surface area is 146 Å². The van der Waals surface area contributed by atoms with E-state index in [4.69, 9.17) is 4.42 Å². The van der Waals surface area contributed by atoms with Crippen molar-refractivity contribution >= 4 is 24.8 Å². The van der Waals surface area contributed by atoms with Gasteiger partial charge in [-0.2, -0.15) is 0 Å². The maximum atomic E-state index is 12.3. The van der Waals surface area contributed by atoms with Crippen molar-refractivity contribution in [1.29, 1.82) is 0 Å². The molecule has 1 atom stereocenters. The van der Waals surface area contributed by atoms with Crippen LogP contribution in [0.2, 0.25) is 0 Å². The lowest BCUT2D eigenvalue weighted by Gasteiger charge is -2.16. The van der Waals surface area contributed by atoms with Gasteiger partial charge in [-0.3, -0.25) is 9.36 Å². The molecule has 0 saturated carbocycles. The molecule has 0 saturated heterocycles. The van der Waals surface area contributed by atoms with E-state index in [1.807, 2.05) is 6.92 Å². The van der Waals surface area contributed by atoms with Crippen LogP contribution >= 0.6 is 18.9 Å². The molecule has 25 heavy (non-hydrogen) atoms. The summed E-state index contributed by atoms with van der Waals surface area (Å²) >= 11 is 1.34. The Bertz CT molecular complexity index is 917. The second-order valence-corrected chi connectivity index (χ2v) is 7.90. The highest BCUT2D eigenvalue weighted by atomic mass is 32.1. The molecule has 8 nitrogen and oxygen atoms in total. The summed E-state index contributed by atoms with van der Waals surface area (Å²) in [5, 5.41) is 11.5. The van der Waals surface area contributed by atoms with Gasteiger partial charge >= 0.3 is 7.60 Å². The van der Waals surface area contributed by atoms with Crippen LogP contribution in [-0.2, 0) is 4.57 Å². The smallest absolute Gasteiger partial charge is 0.357 e. The Balaban J connectivity index is 1.87. The molecule has 2 aromatic heterocycles. The number of hydrogen-bond donors (Lipinski definition) is 3.